The van der Waals surface area contributed by atoms with Crippen molar-refractivity contribution in [3.63, 3.8) is 0 Å². The monoisotopic (exact) mass is 431 g/mol. The summed E-state index contributed by atoms with van der Waals surface area (Å²) in [6.45, 7) is 0. The van der Waals surface area contributed by atoms with E-state index in [9.17, 15) is 24.8 Å². The first-order valence-electron chi connectivity index (χ1n) is 9.52. The largest absolute Gasteiger partial charge is 0.507 e. The number of anilines is 1. The third kappa shape index (κ3) is 3.56. The summed E-state index contributed by atoms with van der Waals surface area (Å²) in [5, 5.41) is 22.2. The smallest absolute Gasteiger partial charge is 0.300 e. The van der Waals surface area contributed by atoms with Gasteiger partial charge in [-0.15, -0.1) is 0 Å². The van der Waals surface area contributed by atoms with Crippen LogP contribution in [0.25, 0.3) is 5.76 Å². The number of ether oxygens (including phenoxy) is 1. The number of nitro benzene ring substituents is 1. The number of Topliss-reactive ketones (excluding diaryl/α,β-unsaturated/α-hetero) is 1. The van der Waals surface area contributed by atoms with Gasteiger partial charge in [-0.1, -0.05) is 18.2 Å². The normalized spacial score (nSPS) is 17.4. The van der Waals surface area contributed by atoms with Crippen LogP contribution < -0.4 is 9.64 Å². The highest BCUT2D eigenvalue weighted by Crippen LogP contribution is 2.42. The summed E-state index contributed by atoms with van der Waals surface area (Å²) >= 11 is 0. The number of carbonyl (C=O) groups is 2. The van der Waals surface area contributed by atoms with Crippen LogP contribution in [0.2, 0.25) is 0 Å². The van der Waals surface area contributed by atoms with Gasteiger partial charge in [0.05, 0.1) is 23.6 Å². The third-order valence-electron chi connectivity index (χ3n) is 5.13. The predicted molar refractivity (Wildman–Crippen MR) is 115 cm³/mol. The van der Waals surface area contributed by atoms with Crippen molar-refractivity contribution in [1.82, 2.24) is 4.98 Å². The van der Waals surface area contributed by atoms with Gasteiger partial charge in [0.25, 0.3) is 17.4 Å². The molecule has 1 aliphatic heterocycles. The molecular formula is C23H17N3O6. The second-order valence-electron chi connectivity index (χ2n) is 6.96. The van der Waals surface area contributed by atoms with Gasteiger partial charge >= 0.3 is 0 Å². The number of ketones is 1. The van der Waals surface area contributed by atoms with E-state index in [1.165, 1.54) is 36.4 Å². The Kier molecular flexibility index (Phi) is 5.38. The summed E-state index contributed by atoms with van der Waals surface area (Å²) < 4.78 is 5.15. The Morgan fingerprint density at radius 3 is 2.50 bits per heavy atom. The molecular weight excluding hydrogens is 414 g/mol. The summed E-state index contributed by atoms with van der Waals surface area (Å²) in [5.41, 5.74) is 0.533. The van der Waals surface area contributed by atoms with Crippen LogP contribution in [-0.2, 0) is 9.59 Å². The van der Waals surface area contributed by atoms with Gasteiger partial charge in [-0.05, 0) is 35.9 Å². The second kappa shape index (κ2) is 8.31. The molecule has 1 N–H and O–H groups in total. The fourth-order valence-electron chi connectivity index (χ4n) is 3.62. The Labute approximate surface area is 182 Å². The van der Waals surface area contributed by atoms with Crippen LogP contribution in [0.4, 0.5) is 11.4 Å². The first kappa shape index (κ1) is 20.7. The van der Waals surface area contributed by atoms with Gasteiger partial charge in [0.15, 0.2) is 0 Å². The number of carbonyl (C=O) groups excluding carboxylic acids is 2. The van der Waals surface area contributed by atoms with E-state index in [0.29, 0.717) is 17.0 Å². The molecule has 160 valence electrons. The van der Waals surface area contributed by atoms with Gasteiger partial charge < -0.3 is 9.84 Å². The van der Waals surface area contributed by atoms with Crippen LogP contribution in [0.15, 0.2) is 78.6 Å². The summed E-state index contributed by atoms with van der Waals surface area (Å²) in [6, 6.07) is 14.2. The minimum Gasteiger partial charge on any atom is -0.507 e. The van der Waals surface area contributed by atoms with Gasteiger partial charge in [-0.3, -0.25) is 29.6 Å². The van der Waals surface area contributed by atoms with E-state index < -0.39 is 28.4 Å². The molecule has 1 saturated heterocycles. The Morgan fingerprint density at radius 1 is 1.12 bits per heavy atom. The van der Waals surface area contributed by atoms with Crippen molar-refractivity contribution in [2.45, 2.75) is 6.04 Å². The molecule has 0 radical (unpaired) electrons. The number of non-ortho nitro benzene ring substituents is 1. The van der Waals surface area contributed by atoms with E-state index in [4.69, 9.17) is 4.74 Å². The van der Waals surface area contributed by atoms with Crippen LogP contribution in [-0.4, -0.2) is 33.8 Å². The first-order valence-corrected chi connectivity index (χ1v) is 9.52. The number of nitro groups is 1. The van der Waals surface area contributed by atoms with E-state index in [-0.39, 0.29) is 16.8 Å². The van der Waals surface area contributed by atoms with Crippen LogP contribution in [0, 0.1) is 10.1 Å². The number of pyridine rings is 1. The number of amides is 1. The molecule has 1 atom stereocenters. The lowest BCUT2D eigenvalue weighted by atomic mass is 9.96. The quantitative estimate of drug-likeness (QED) is 0.215. The topological polar surface area (TPSA) is 123 Å². The summed E-state index contributed by atoms with van der Waals surface area (Å²) in [7, 11) is 1.51. The van der Waals surface area contributed by atoms with Crippen molar-refractivity contribution in [1.29, 1.82) is 0 Å². The Hall–Kier alpha value is -4.53. The van der Waals surface area contributed by atoms with E-state index in [0.717, 1.165) is 6.07 Å². The lowest BCUT2D eigenvalue weighted by Gasteiger charge is -2.25. The SMILES string of the molecule is COc1ccc(N2C(=O)C(=O)/C(=C(\O)c3cccc([N+](=O)[O-])c3)C2c2cccnc2)cc1. The maximum absolute atomic E-state index is 13.0. The Balaban J connectivity index is 1.91. The summed E-state index contributed by atoms with van der Waals surface area (Å²) in [4.78, 5) is 42.0. The number of aliphatic hydroxyl groups excluding tert-OH is 1. The van der Waals surface area contributed by atoms with Crippen molar-refractivity contribution in [3.8, 4) is 5.75 Å². The molecule has 32 heavy (non-hydrogen) atoms. The van der Waals surface area contributed by atoms with Crippen molar-refractivity contribution >= 4 is 28.8 Å². The van der Waals surface area contributed by atoms with Crippen LogP contribution in [0.3, 0.4) is 0 Å². The minimum atomic E-state index is -0.976. The minimum absolute atomic E-state index is 0.0563. The molecule has 0 bridgehead atoms. The Morgan fingerprint density at radius 2 is 1.88 bits per heavy atom. The number of rotatable bonds is 5. The summed E-state index contributed by atoms with van der Waals surface area (Å²) in [5.74, 6) is -1.67. The van der Waals surface area contributed by atoms with Crippen molar-refractivity contribution in [3.05, 3.63) is 99.9 Å². The number of hydrogen-bond acceptors (Lipinski definition) is 7. The molecule has 2 heterocycles. The zero-order chi connectivity index (χ0) is 22.8. The van der Waals surface area contributed by atoms with E-state index >= 15 is 0 Å². The second-order valence-corrected chi connectivity index (χ2v) is 6.96. The fourth-order valence-corrected chi connectivity index (χ4v) is 3.62. The van der Waals surface area contributed by atoms with Gasteiger partial charge in [0, 0.05) is 35.8 Å². The van der Waals surface area contributed by atoms with E-state index in [2.05, 4.69) is 4.98 Å². The number of methoxy groups -OCH3 is 1. The molecule has 9 nitrogen and oxygen atoms in total. The molecule has 0 spiro atoms. The molecule has 4 rings (SSSR count). The van der Waals surface area contributed by atoms with Gasteiger partial charge in [-0.2, -0.15) is 0 Å². The van der Waals surface area contributed by atoms with Gasteiger partial charge in [0.2, 0.25) is 0 Å². The van der Waals surface area contributed by atoms with E-state index in [1.807, 2.05) is 0 Å². The molecule has 0 saturated carbocycles. The van der Waals surface area contributed by atoms with Gasteiger partial charge in [0.1, 0.15) is 11.5 Å². The molecule has 2 aromatic carbocycles. The molecule has 1 aromatic heterocycles. The predicted octanol–water partition coefficient (Wildman–Crippen LogP) is 3.62. The average Bonchev–Trinajstić information content (AvgIpc) is 3.09. The van der Waals surface area contributed by atoms with Gasteiger partial charge in [-0.25, -0.2) is 0 Å². The number of aromatic nitrogens is 1. The first-order chi connectivity index (χ1) is 15.4. The van der Waals surface area contributed by atoms with Crippen LogP contribution in [0.1, 0.15) is 17.2 Å². The molecule has 1 amide bonds. The van der Waals surface area contributed by atoms with Crippen molar-refractivity contribution < 1.29 is 24.4 Å². The molecule has 1 aliphatic rings. The molecule has 9 heteroatoms. The zero-order valence-corrected chi connectivity index (χ0v) is 16.8. The van der Waals surface area contributed by atoms with Crippen molar-refractivity contribution in [2.24, 2.45) is 0 Å². The zero-order valence-electron chi connectivity index (χ0n) is 16.8. The molecule has 1 fully saturated rings. The fraction of sp³-hybridized carbons (Fsp3) is 0.0870. The Bertz CT molecular complexity index is 1240. The number of nitrogens with zero attached hydrogens (tertiary/aromatic N) is 3. The average molecular weight is 431 g/mol. The molecule has 3 aromatic rings. The molecule has 0 aliphatic carbocycles. The number of benzene rings is 2. The lowest BCUT2D eigenvalue weighted by Crippen LogP contribution is -2.29. The summed E-state index contributed by atoms with van der Waals surface area (Å²) in [6.07, 6.45) is 3.04. The van der Waals surface area contributed by atoms with Crippen LogP contribution >= 0.6 is 0 Å². The standard InChI is InChI=1S/C23H17N3O6/c1-32-18-9-7-16(8-10-18)25-20(15-5-3-11-24-13-15)19(22(28)23(25)29)21(27)14-4-2-6-17(12-14)26(30)31/h2-13,20,27H,1H3/b21-19-. The van der Waals surface area contributed by atoms with Crippen molar-refractivity contribution in [2.75, 3.05) is 12.0 Å². The lowest BCUT2D eigenvalue weighted by molar-refractivity contribution is -0.384. The number of hydrogen-bond donors (Lipinski definition) is 1. The highest BCUT2D eigenvalue weighted by Gasteiger charge is 2.47. The highest BCUT2D eigenvalue weighted by molar-refractivity contribution is 6.51. The maximum Gasteiger partial charge on any atom is 0.300 e. The highest BCUT2D eigenvalue weighted by atomic mass is 16.6. The van der Waals surface area contributed by atoms with Crippen LogP contribution in [0.5, 0.6) is 5.75 Å². The van der Waals surface area contributed by atoms with E-state index in [1.54, 1.807) is 42.6 Å². The number of aliphatic hydroxyl groups is 1. The third-order valence-corrected chi connectivity index (χ3v) is 5.13. The molecule has 1 unspecified atom stereocenters. The maximum atomic E-state index is 13.0.